The van der Waals surface area contributed by atoms with Gasteiger partial charge < -0.3 is 0 Å². The van der Waals surface area contributed by atoms with Gasteiger partial charge in [-0.1, -0.05) is 31.9 Å². The average Bonchev–Trinajstić information content (AvgIpc) is 2.84. The van der Waals surface area contributed by atoms with E-state index < -0.39 is 0 Å². The third-order valence-corrected chi connectivity index (χ3v) is 8.51. The fourth-order valence-electron chi connectivity index (χ4n) is 7.37. The highest BCUT2D eigenvalue weighted by Gasteiger charge is 2.58. The molecule has 1 nitrogen and oxygen atoms in total. The average molecular weight is 300 g/mol. The molecule has 1 heteroatoms. The maximum atomic E-state index is 12.1. The van der Waals surface area contributed by atoms with Crippen molar-refractivity contribution in [1.29, 1.82) is 0 Å². The summed E-state index contributed by atoms with van der Waals surface area (Å²) in [7, 11) is 0. The predicted octanol–water partition coefficient (Wildman–Crippen LogP) is 5.54. The largest absolute Gasteiger partial charge is 0.300 e. The molecule has 0 unspecified atom stereocenters. The Kier molecular flexibility index (Phi) is 3.37. The summed E-state index contributed by atoms with van der Waals surface area (Å²) in [5.74, 6) is 3.37. The number of Topliss-reactive ketones (excluding diaryl/α,β-unsaturated/α-hetero) is 1. The minimum Gasteiger partial charge on any atom is -0.300 e. The number of carbonyl (C=O) groups excluding carboxylic acids is 1. The molecule has 0 saturated heterocycles. The molecular weight excluding hydrogens is 268 g/mol. The van der Waals surface area contributed by atoms with Gasteiger partial charge in [0.1, 0.15) is 5.78 Å². The molecule has 0 spiro atoms. The standard InChI is InChI=1S/C21H32O/c1-14(22)17-9-10-18-16-8-7-15-6-4-5-12-20(15,2)19(16)11-13-21(17,18)3/h7,16-19H,4-6,8-13H2,1-3H3/t16-,17+,18+,19-,20-,21+/m0/s1. The third-order valence-electron chi connectivity index (χ3n) is 8.51. The van der Waals surface area contributed by atoms with E-state index in [9.17, 15) is 4.79 Å². The van der Waals surface area contributed by atoms with Crippen LogP contribution in [-0.2, 0) is 4.79 Å². The molecule has 0 N–H and O–H groups in total. The molecule has 0 aromatic rings. The molecule has 0 aromatic heterocycles. The van der Waals surface area contributed by atoms with Crippen LogP contribution in [-0.4, -0.2) is 5.78 Å². The van der Waals surface area contributed by atoms with Gasteiger partial charge in [-0.2, -0.15) is 0 Å². The van der Waals surface area contributed by atoms with Crippen molar-refractivity contribution in [2.24, 2.45) is 34.5 Å². The first-order chi connectivity index (χ1) is 10.5. The molecule has 122 valence electrons. The Balaban J connectivity index is 1.68. The summed E-state index contributed by atoms with van der Waals surface area (Å²) < 4.78 is 0. The lowest BCUT2D eigenvalue weighted by Gasteiger charge is -2.57. The van der Waals surface area contributed by atoms with E-state index >= 15 is 0 Å². The van der Waals surface area contributed by atoms with Crippen LogP contribution in [0.4, 0.5) is 0 Å². The van der Waals surface area contributed by atoms with Crippen molar-refractivity contribution < 1.29 is 4.79 Å². The lowest BCUT2D eigenvalue weighted by atomic mass is 9.47. The van der Waals surface area contributed by atoms with Gasteiger partial charge in [0.15, 0.2) is 0 Å². The summed E-state index contributed by atoms with van der Waals surface area (Å²) in [6, 6.07) is 0. The van der Waals surface area contributed by atoms with Crippen LogP contribution in [0.15, 0.2) is 11.6 Å². The molecule has 0 aliphatic heterocycles. The van der Waals surface area contributed by atoms with E-state index in [1.807, 2.05) is 6.92 Å². The van der Waals surface area contributed by atoms with Gasteiger partial charge in [0, 0.05) is 5.92 Å². The number of fused-ring (bicyclic) bond motifs is 5. The van der Waals surface area contributed by atoms with E-state index in [0.29, 0.717) is 22.5 Å². The zero-order valence-corrected chi connectivity index (χ0v) is 14.7. The maximum Gasteiger partial charge on any atom is 0.133 e. The number of hydrogen-bond donors (Lipinski definition) is 0. The molecule has 4 rings (SSSR count). The molecule has 4 aliphatic carbocycles. The van der Waals surface area contributed by atoms with Crippen LogP contribution in [0.25, 0.3) is 0 Å². The Morgan fingerprint density at radius 2 is 1.91 bits per heavy atom. The second-order valence-electron chi connectivity index (χ2n) is 9.25. The number of hydrogen-bond acceptors (Lipinski definition) is 1. The number of allylic oxidation sites excluding steroid dienone is 2. The van der Waals surface area contributed by atoms with E-state index in [0.717, 1.165) is 24.2 Å². The van der Waals surface area contributed by atoms with Crippen LogP contribution in [0.3, 0.4) is 0 Å². The Morgan fingerprint density at radius 3 is 2.68 bits per heavy atom. The van der Waals surface area contributed by atoms with Gasteiger partial charge in [-0.3, -0.25) is 4.79 Å². The highest BCUT2D eigenvalue weighted by Crippen LogP contribution is 2.66. The number of ketones is 1. The van der Waals surface area contributed by atoms with Gasteiger partial charge in [0.05, 0.1) is 0 Å². The SMILES string of the molecule is CC(=O)[C@H]1CC[C@@H]2[C@@H]3CC=C4CCCC[C@]4(C)[C@H]3CC[C@]12C. The molecule has 0 bridgehead atoms. The quantitative estimate of drug-likeness (QED) is 0.581. The van der Waals surface area contributed by atoms with E-state index in [1.165, 1.54) is 51.4 Å². The lowest BCUT2D eigenvalue weighted by molar-refractivity contribution is -0.127. The van der Waals surface area contributed by atoms with Crippen LogP contribution >= 0.6 is 0 Å². The molecule has 0 heterocycles. The molecule has 6 atom stereocenters. The van der Waals surface area contributed by atoms with Gasteiger partial charge in [-0.25, -0.2) is 0 Å². The minimum absolute atomic E-state index is 0.309. The topological polar surface area (TPSA) is 17.1 Å². The van der Waals surface area contributed by atoms with Crippen LogP contribution < -0.4 is 0 Å². The molecule has 4 aliphatic rings. The Bertz CT molecular complexity index is 518. The predicted molar refractivity (Wildman–Crippen MR) is 90.5 cm³/mol. The molecule has 3 fully saturated rings. The zero-order chi connectivity index (χ0) is 15.5. The second-order valence-corrected chi connectivity index (χ2v) is 9.25. The Morgan fingerprint density at radius 1 is 1.09 bits per heavy atom. The van der Waals surface area contributed by atoms with Crippen LogP contribution in [0.1, 0.15) is 78.6 Å². The number of carbonyl (C=O) groups is 1. The first kappa shape index (κ1) is 15.0. The summed E-state index contributed by atoms with van der Waals surface area (Å²) in [6.45, 7) is 6.87. The Labute approximate surface area is 135 Å². The monoisotopic (exact) mass is 300 g/mol. The van der Waals surface area contributed by atoms with E-state index in [4.69, 9.17) is 0 Å². The Hall–Kier alpha value is -0.590. The summed E-state index contributed by atoms with van der Waals surface area (Å²) in [5, 5.41) is 0. The van der Waals surface area contributed by atoms with E-state index in [2.05, 4.69) is 19.9 Å². The van der Waals surface area contributed by atoms with E-state index in [1.54, 1.807) is 5.57 Å². The van der Waals surface area contributed by atoms with Crippen molar-refractivity contribution in [2.75, 3.05) is 0 Å². The summed E-state index contributed by atoms with van der Waals surface area (Å²) in [6.07, 6.45) is 14.7. The van der Waals surface area contributed by atoms with Crippen LogP contribution in [0.5, 0.6) is 0 Å². The fraction of sp³-hybridized carbons (Fsp3) is 0.857. The van der Waals surface area contributed by atoms with Crippen molar-refractivity contribution >= 4 is 5.78 Å². The van der Waals surface area contributed by atoms with Gasteiger partial charge in [0.25, 0.3) is 0 Å². The fourth-order valence-corrected chi connectivity index (χ4v) is 7.37. The molecule has 22 heavy (non-hydrogen) atoms. The van der Waals surface area contributed by atoms with Crippen molar-refractivity contribution in [3.8, 4) is 0 Å². The van der Waals surface area contributed by atoms with Crippen LogP contribution in [0, 0.1) is 34.5 Å². The van der Waals surface area contributed by atoms with Gasteiger partial charge in [-0.15, -0.1) is 0 Å². The summed E-state index contributed by atoms with van der Waals surface area (Å²) in [5.41, 5.74) is 2.60. The van der Waals surface area contributed by atoms with Gasteiger partial charge in [0.2, 0.25) is 0 Å². The van der Waals surface area contributed by atoms with Crippen molar-refractivity contribution in [1.82, 2.24) is 0 Å². The lowest BCUT2D eigenvalue weighted by Crippen LogP contribution is -2.50. The normalized spacial score (nSPS) is 50.6. The summed E-state index contributed by atoms with van der Waals surface area (Å²) >= 11 is 0. The second kappa shape index (κ2) is 4.95. The van der Waals surface area contributed by atoms with E-state index in [-0.39, 0.29) is 0 Å². The van der Waals surface area contributed by atoms with Crippen LogP contribution in [0.2, 0.25) is 0 Å². The zero-order valence-electron chi connectivity index (χ0n) is 14.7. The highest BCUT2D eigenvalue weighted by atomic mass is 16.1. The highest BCUT2D eigenvalue weighted by molar-refractivity contribution is 5.79. The molecular formula is C21H32O. The molecule has 3 saturated carbocycles. The maximum absolute atomic E-state index is 12.1. The van der Waals surface area contributed by atoms with Crippen molar-refractivity contribution in [3.63, 3.8) is 0 Å². The molecule has 0 aromatic carbocycles. The smallest absolute Gasteiger partial charge is 0.133 e. The first-order valence-corrected chi connectivity index (χ1v) is 9.67. The third kappa shape index (κ3) is 1.86. The molecule has 0 amide bonds. The summed E-state index contributed by atoms with van der Waals surface area (Å²) in [4.78, 5) is 12.1. The molecule has 0 radical (unpaired) electrons. The first-order valence-electron chi connectivity index (χ1n) is 9.67. The van der Waals surface area contributed by atoms with Crippen molar-refractivity contribution in [3.05, 3.63) is 11.6 Å². The van der Waals surface area contributed by atoms with Crippen molar-refractivity contribution in [2.45, 2.75) is 78.6 Å². The van der Waals surface area contributed by atoms with Gasteiger partial charge >= 0.3 is 0 Å². The number of rotatable bonds is 1. The minimum atomic E-state index is 0.309. The van der Waals surface area contributed by atoms with Gasteiger partial charge in [-0.05, 0) is 86.9 Å².